The third kappa shape index (κ3) is 58.9. The summed E-state index contributed by atoms with van der Waals surface area (Å²) in [7, 11) is 5.93. The maximum absolute atomic E-state index is 12.9. The molecular weight excluding hydrogens is 947 g/mol. The second kappa shape index (κ2) is 58.4. The van der Waals surface area contributed by atoms with Crippen molar-refractivity contribution in [2.45, 2.75) is 315 Å². The minimum Gasteiger partial charge on any atom is -0.545 e. The van der Waals surface area contributed by atoms with Gasteiger partial charge in [-0.15, -0.1) is 0 Å². The predicted octanol–water partition coefficient (Wildman–Crippen LogP) is 18.1. The van der Waals surface area contributed by atoms with Crippen molar-refractivity contribution >= 4 is 17.9 Å². The van der Waals surface area contributed by atoms with Gasteiger partial charge in [-0.05, 0) is 77.0 Å². The molecule has 0 spiro atoms. The second-order valence-electron chi connectivity index (χ2n) is 23.0. The highest BCUT2D eigenvalue weighted by atomic mass is 16.7. The van der Waals surface area contributed by atoms with Crippen molar-refractivity contribution in [2.24, 2.45) is 0 Å². The Bertz CT molecular complexity index is 1380. The molecule has 0 aliphatic carbocycles. The molecule has 0 saturated heterocycles. The van der Waals surface area contributed by atoms with E-state index in [2.05, 4.69) is 62.5 Å². The van der Waals surface area contributed by atoms with Crippen molar-refractivity contribution in [3.63, 3.8) is 0 Å². The van der Waals surface area contributed by atoms with Gasteiger partial charge in [0, 0.05) is 12.8 Å². The Hall–Kier alpha value is -2.75. The number of carbonyl (C=O) groups is 3. The molecule has 0 aromatic rings. The van der Waals surface area contributed by atoms with Crippen LogP contribution in [0.3, 0.4) is 0 Å². The summed E-state index contributed by atoms with van der Waals surface area (Å²) in [5, 5.41) is 11.8. The molecule has 2 unspecified atom stereocenters. The summed E-state index contributed by atoms with van der Waals surface area (Å²) in [6.07, 6.45) is 70.5. The van der Waals surface area contributed by atoms with Gasteiger partial charge in [0.15, 0.2) is 12.4 Å². The molecule has 0 saturated carbocycles. The molecule has 0 aromatic heterocycles. The van der Waals surface area contributed by atoms with Crippen molar-refractivity contribution in [1.82, 2.24) is 0 Å². The summed E-state index contributed by atoms with van der Waals surface area (Å²) < 4.78 is 22.7. The summed E-state index contributed by atoms with van der Waals surface area (Å²) in [6, 6.07) is 0. The Morgan fingerprint density at radius 1 is 0.395 bits per heavy atom. The third-order valence-electron chi connectivity index (χ3n) is 14.3. The number of unbranched alkanes of at least 4 members (excludes halogenated alkanes) is 37. The van der Waals surface area contributed by atoms with Crippen LogP contribution in [0.2, 0.25) is 0 Å². The molecule has 0 aliphatic heterocycles. The van der Waals surface area contributed by atoms with Crippen LogP contribution in [-0.2, 0) is 33.3 Å². The van der Waals surface area contributed by atoms with Gasteiger partial charge < -0.3 is 33.3 Å². The molecule has 444 valence electrons. The number of nitrogens with zero attached hydrogens (tertiary/aromatic N) is 1. The van der Waals surface area contributed by atoms with Crippen molar-refractivity contribution in [3.05, 3.63) is 48.6 Å². The molecule has 0 heterocycles. The summed E-state index contributed by atoms with van der Waals surface area (Å²) in [5.74, 6) is -2.29. The maximum Gasteiger partial charge on any atom is 0.306 e. The molecule has 0 amide bonds. The Balaban J connectivity index is 4.04. The lowest BCUT2D eigenvalue weighted by atomic mass is 10.0. The molecule has 0 aliphatic rings. The van der Waals surface area contributed by atoms with E-state index in [1.807, 2.05) is 21.1 Å². The van der Waals surface area contributed by atoms with Crippen LogP contribution >= 0.6 is 0 Å². The lowest BCUT2D eigenvalue weighted by molar-refractivity contribution is -0.870. The number of hydrogen-bond donors (Lipinski definition) is 0. The SMILES string of the molecule is CCCCCC/C=C\C/C=C\CCCCCCCC(=O)OCC(COC(OCC[N+](C)(C)C)C(=O)[O-])OC(=O)CCCCCCCCCCCCCCCCCCCCCCCCC/C=C\C/C=C\CCCCCCC. The number of esters is 2. The van der Waals surface area contributed by atoms with Gasteiger partial charge >= 0.3 is 11.9 Å². The van der Waals surface area contributed by atoms with E-state index < -0.39 is 24.3 Å². The van der Waals surface area contributed by atoms with Gasteiger partial charge in [-0.25, -0.2) is 0 Å². The lowest BCUT2D eigenvalue weighted by Gasteiger charge is -2.26. The molecule has 2 atom stereocenters. The van der Waals surface area contributed by atoms with E-state index in [1.165, 1.54) is 205 Å². The zero-order chi connectivity index (χ0) is 55.5. The van der Waals surface area contributed by atoms with Gasteiger partial charge in [0.2, 0.25) is 0 Å². The van der Waals surface area contributed by atoms with E-state index in [-0.39, 0.29) is 38.6 Å². The third-order valence-corrected chi connectivity index (χ3v) is 14.3. The number of carboxylic acids is 1. The van der Waals surface area contributed by atoms with Gasteiger partial charge in [0.1, 0.15) is 13.2 Å². The van der Waals surface area contributed by atoms with E-state index in [9.17, 15) is 19.5 Å². The first-order valence-electron chi connectivity index (χ1n) is 32.3. The molecule has 9 heteroatoms. The van der Waals surface area contributed by atoms with Crippen molar-refractivity contribution in [1.29, 1.82) is 0 Å². The zero-order valence-corrected chi connectivity index (χ0v) is 50.6. The summed E-state index contributed by atoms with van der Waals surface area (Å²) in [4.78, 5) is 37.3. The lowest BCUT2D eigenvalue weighted by Crippen LogP contribution is -2.44. The van der Waals surface area contributed by atoms with Crippen LogP contribution in [0.25, 0.3) is 0 Å². The van der Waals surface area contributed by atoms with E-state index in [4.69, 9.17) is 18.9 Å². The van der Waals surface area contributed by atoms with Gasteiger partial charge in [0.05, 0.1) is 40.3 Å². The molecule has 0 bridgehead atoms. The van der Waals surface area contributed by atoms with E-state index in [0.717, 1.165) is 64.2 Å². The Kier molecular flexibility index (Phi) is 56.3. The fourth-order valence-electron chi connectivity index (χ4n) is 9.31. The average Bonchev–Trinajstić information content (AvgIpc) is 3.39. The zero-order valence-electron chi connectivity index (χ0n) is 50.6. The topological polar surface area (TPSA) is 111 Å². The number of likely N-dealkylation sites (N-methyl/N-ethyl adjacent to an activating group) is 1. The number of carbonyl (C=O) groups excluding carboxylic acids is 3. The number of aliphatic carboxylic acids is 1. The van der Waals surface area contributed by atoms with Crippen molar-refractivity contribution < 1.29 is 42.9 Å². The van der Waals surface area contributed by atoms with Gasteiger partial charge in [-0.3, -0.25) is 9.59 Å². The molecule has 0 rings (SSSR count). The average molecular weight is 1070 g/mol. The molecular formula is C67H123NO8. The smallest absolute Gasteiger partial charge is 0.306 e. The molecule has 9 nitrogen and oxygen atoms in total. The van der Waals surface area contributed by atoms with Gasteiger partial charge in [-0.1, -0.05) is 262 Å². The van der Waals surface area contributed by atoms with Crippen LogP contribution < -0.4 is 5.11 Å². The molecule has 0 radical (unpaired) electrons. The van der Waals surface area contributed by atoms with E-state index >= 15 is 0 Å². The summed E-state index contributed by atoms with van der Waals surface area (Å²) >= 11 is 0. The minimum absolute atomic E-state index is 0.146. The number of ether oxygens (including phenoxy) is 4. The largest absolute Gasteiger partial charge is 0.545 e. The highest BCUT2D eigenvalue weighted by molar-refractivity contribution is 5.70. The quantitative estimate of drug-likeness (QED) is 0.0195. The van der Waals surface area contributed by atoms with Crippen LogP contribution in [-0.4, -0.2) is 82.3 Å². The van der Waals surface area contributed by atoms with Gasteiger partial charge in [0.25, 0.3) is 0 Å². The predicted molar refractivity (Wildman–Crippen MR) is 320 cm³/mol. The van der Waals surface area contributed by atoms with Crippen LogP contribution in [0.15, 0.2) is 48.6 Å². The Labute approximate surface area is 470 Å². The number of carboxylic acid groups (broad SMARTS) is 1. The first kappa shape index (κ1) is 73.2. The van der Waals surface area contributed by atoms with E-state index in [0.29, 0.717) is 17.4 Å². The van der Waals surface area contributed by atoms with Crippen molar-refractivity contribution in [2.75, 3.05) is 47.5 Å². The van der Waals surface area contributed by atoms with Gasteiger partial charge in [-0.2, -0.15) is 0 Å². The maximum atomic E-state index is 12.9. The number of hydrogen-bond acceptors (Lipinski definition) is 8. The fraction of sp³-hybridized carbons (Fsp3) is 0.836. The first-order valence-corrected chi connectivity index (χ1v) is 32.3. The highest BCUT2D eigenvalue weighted by Crippen LogP contribution is 2.17. The number of rotatable bonds is 60. The van der Waals surface area contributed by atoms with E-state index in [1.54, 1.807) is 0 Å². The van der Waals surface area contributed by atoms with Crippen molar-refractivity contribution in [3.8, 4) is 0 Å². The molecule has 0 N–H and O–H groups in total. The van der Waals surface area contributed by atoms with Crippen LogP contribution in [0.5, 0.6) is 0 Å². The number of allylic oxidation sites excluding steroid dienone is 8. The fourth-order valence-corrected chi connectivity index (χ4v) is 9.31. The number of quaternary nitrogens is 1. The molecule has 0 aromatic carbocycles. The summed E-state index contributed by atoms with van der Waals surface area (Å²) in [6.45, 7) is 4.74. The Morgan fingerprint density at radius 3 is 1.05 bits per heavy atom. The second-order valence-corrected chi connectivity index (χ2v) is 23.0. The first-order chi connectivity index (χ1) is 37.1. The summed E-state index contributed by atoms with van der Waals surface area (Å²) in [5.41, 5.74) is 0. The van der Waals surface area contributed by atoms with Crippen LogP contribution in [0.4, 0.5) is 0 Å². The molecule has 0 fully saturated rings. The normalized spacial score (nSPS) is 13.0. The standard InChI is InChI=1S/C67H123NO8/c1-6-8-10-12-14-16-18-20-22-24-25-26-27-28-29-30-31-32-33-34-35-36-37-38-39-40-41-42-44-46-48-50-52-54-56-58-65(70)76-63(62-75-67(66(71)72)73-60-59-68(3,4)5)61-74-64(69)57-55-53-51-49-47-45-43-23-21-19-17-15-13-11-9-7-2/h17-20,23-25,43,63,67H,6-16,21-22,26-42,44-62H2,1-5H3/b19-17-,20-18-,25-24-,43-23-. The highest BCUT2D eigenvalue weighted by Gasteiger charge is 2.22. The minimum atomic E-state index is -1.62. The van der Waals surface area contributed by atoms with Crippen LogP contribution in [0, 0.1) is 0 Å². The van der Waals surface area contributed by atoms with Crippen LogP contribution in [0.1, 0.15) is 303 Å². The Morgan fingerprint density at radius 2 is 0.711 bits per heavy atom. The molecule has 76 heavy (non-hydrogen) atoms. The monoisotopic (exact) mass is 1070 g/mol.